The average molecular weight is 352 g/mol. The predicted octanol–water partition coefficient (Wildman–Crippen LogP) is 4.01. The predicted molar refractivity (Wildman–Crippen MR) is 90.2 cm³/mol. The molecule has 4 nitrogen and oxygen atoms in total. The molecule has 0 saturated carbocycles. The molecule has 0 spiro atoms. The van der Waals surface area contributed by atoms with Crippen molar-refractivity contribution in [1.82, 2.24) is 0 Å². The molecule has 1 atom stereocenters. The van der Waals surface area contributed by atoms with Gasteiger partial charge in [0.05, 0.1) is 17.6 Å². The van der Waals surface area contributed by atoms with E-state index in [0.717, 1.165) is 5.56 Å². The van der Waals surface area contributed by atoms with Crippen LogP contribution in [-0.2, 0) is 14.3 Å². The third-order valence-electron chi connectivity index (χ3n) is 3.54. The molecule has 0 amide bonds. The average Bonchev–Trinajstić information content (AvgIpc) is 2.50. The Morgan fingerprint density at radius 3 is 2.38 bits per heavy atom. The van der Waals surface area contributed by atoms with Crippen molar-refractivity contribution >= 4 is 10.1 Å². The van der Waals surface area contributed by atoms with E-state index in [2.05, 4.69) is 0 Å². The Hall–Kier alpha value is -1.92. The van der Waals surface area contributed by atoms with Crippen LogP contribution in [0.4, 0.5) is 4.39 Å². The highest BCUT2D eigenvalue weighted by Crippen LogP contribution is 2.21. The normalized spacial score (nSPS) is 12.8. The number of aryl methyl sites for hydroxylation is 2. The summed E-state index contributed by atoms with van der Waals surface area (Å²) in [4.78, 5) is 0.135. The SMILES string of the molecule is Cc1ccc(S(=O)(=O)OCC[C@@H](C)Oc2ccc(F)cc2C)cc1. The number of ether oxygens (including phenoxy) is 1. The summed E-state index contributed by atoms with van der Waals surface area (Å²) in [7, 11) is -3.76. The standard InChI is InChI=1S/C18H21FO4S/c1-13-4-7-17(8-5-13)24(20,21)22-11-10-15(3)23-18-9-6-16(19)12-14(18)2/h4-9,12,15H,10-11H2,1-3H3/t15-/m1/s1. The van der Waals surface area contributed by atoms with E-state index < -0.39 is 10.1 Å². The molecule has 0 bridgehead atoms. The fraction of sp³-hybridized carbons (Fsp3) is 0.333. The zero-order valence-corrected chi connectivity index (χ0v) is 14.8. The largest absolute Gasteiger partial charge is 0.490 e. The molecule has 0 aromatic heterocycles. The summed E-state index contributed by atoms with van der Waals surface area (Å²) >= 11 is 0. The molecular weight excluding hydrogens is 331 g/mol. The van der Waals surface area contributed by atoms with Gasteiger partial charge < -0.3 is 4.74 Å². The fourth-order valence-electron chi connectivity index (χ4n) is 2.12. The molecule has 0 aliphatic carbocycles. The van der Waals surface area contributed by atoms with Gasteiger partial charge in [-0.2, -0.15) is 8.42 Å². The van der Waals surface area contributed by atoms with Gasteiger partial charge in [-0.15, -0.1) is 0 Å². The maximum absolute atomic E-state index is 13.1. The van der Waals surface area contributed by atoms with Crippen LogP contribution >= 0.6 is 0 Å². The topological polar surface area (TPSA) is 52.6 Å². The molecular formula is C18H21FO4S. The minimum absolute atomic E-state index is 0.0115. The van der Waals surface area contributed by atoms with Crippen molar-refractivity contribution in [2.75, 3.05) is 6.61 Å². The van der Waals surface area contributed by atoms with Crippen LogP contribution in [0, 0.1) is 19.7 Å². The summed E-state index contributed by atoms with van der Waals surface area (Å²) in [6, 6.07) is 10.8. The summed E-state index contributed by atoms with van der Waals surface area (Å²) in [5.74, 6) is 0.255. The van der Waals surface area contributed by atoms with Gasteiger partial charge in [0.15, 0.2) is 0 Å². The van der Waals surface area contributed by atoms with Crippen LogP contribution in [-0.4, -0.2) is 21.1 Å². The van der Waals surface area contributed by atoms with Crippen LogP contribution in [0.25, 0.3) is 0 Å². The number of hydrogen-bond donors (Lipinski definition) is 0. The van der Waals surface area contributed by atoms with E-state index in [0.29, 0.717) is 17.7 Å². The molecule has 0 radical (unpaired) electrons. The van der Waals surface area contributed by atoms with Crippen LogP contribution in [0.15, 0.2) is 47.4 Å². The van der Waals surface area contributed by atoms with Gasteiger partial charge in [0, 0.05) is 6.42 Å². The fourth-order valence-corrected chi connectivity index (χ4v) is 3.04. The van der Waals surface area contributed by atoms with E-state index in [4.69, 9.17) is 8.92 Å². The molecule has 0 saturated heterocycles. The van der Waals surface area contributed by atoms with Crippen molar-refractivity contribution < 1.29 is 21.7 Å². The summed E-state index contributed by atoms with van der Waals surface area (Å²) < 4.78 is 47.9. The van der Waals surface area contributed by atoms with E-state index in [1.807, 2.05) is 13.8 Å². The van der Waals surface area contributed by atoms with Gasteiger partial charge in [0.2, 0.25) is 0 Å². The lowest BCUT2D eigenvalue weighted by molar-refractivity contribution is 0.178. The first-order valence-corrected chi connectivity index (χ1v) is 9.07. The van der Waals surface area contributed by atoms with Crippen LogP contribution in [0.3, 0.4) is 0 Å². The maximum atomic E-state index is 13.1. The zero-order valence-electron chi connectivity index (χ0n) is 14.0. The Bertz CT molecular complexity index is 785. The monoisotopic (exact) mass is 352 g/mol. The van der Waals surface area contributed by atoms with Crippen LogP contribution in [0.1, 0.15) is 24.5 Å². The van der Waals surface area contributed by atoms with Gasteiger partial charge in [-0.25, -0.2) is 4.39 Å². The summed E-state index contributed by atoms with van der Waals surface area (Å²) in [5, 5.41) is 0. The van der Waals surface area contributed by atoms with Crippen molar-refractivity contribution in [2.45, 2.75) is 38.2 Å². The second-order valence-corrected chi connectivity index (χ2v) is 7.33. The van der Waals surface area contributed by atoms with Gasteiger partial charge >= 0.3 is 0 Å². The molecule has 0 N–H and O–H groups in total. The Balaban J connectivity index is 1.87. The lowest BCUT2D eigenvalue weighted by atomic mass is 10.2. The van der Waals surface area contributed by atoms with E-state index in [-0.39, 0.29) is 23.4 Å². The number of benzene rings is 2. The molecule has 0 unspecified atom stereocenters. The van der Waals surface area contributed by atoms with Gasteiger partial charge in [0.1, 0.15) is 11.6 Å². The third kappa shape index (κ3) is 5.04. The molecule has 2 aromatic carbocycles. The molecule has 0 heterocycles. The number of hydrogen-bond acceptors (Lipinski definition) is 4. The summed E-state index contributed by atoms with van der Waals surface area (Å²) in [6.07, 6.45) is 0.129. The van der Waals surface area contributed by atoms with Crippen LogP contribution < -0.4 is 4.74 Å². The van der Waals surface area contributed by atoms with E-state index in [1.54, 1.807) is 25.1 Å². The maximum Gasteiger partial charge on any atom is 0.296 e. The smallest absolute Gasteiger partial charge is 0.296 e. The minimum atomic E-state index is -3.76. The molecule has 0 aliphatic rings. The summed E-state index contributed by atoms with van der Waals surface area (Å²) in [6.45, 7) is 5.46. The lowest BCUT2D eigenvalue weighted by Gasteiger charge is -2.16. The summed E-state index contributed by atoms with van der Waals surface area (Å²) in [5.41, 5.74) is 1.67. The molecule has 24 heavy (non-hydrogen) atoms. The first-order chi connectivity index (χ1) is 11.3. The van der Waals surface area contributed by atoms with Gasteiger partial charge in [-0.3, -0.25) is 4.18 Å². The molecule has 130 valence electrons. The first kappa shape index (κ1) is 18.4. The van der Waals surface area contributed by atoms with Crippen molar-refractivity contribution in [1.29, 1.82) is 0 Å². The van der Waals surface area contributed by atoms with Crippen molar-refractivity contribution in [3.63, 3.8) is 0 Å². The number of halogens is 1. The Morgan fingerprint density at radius 1 is 1.08 bits per heavy atom. The van der Waals surface area contributed by atoms with E-state index >= 15 is 0 Å². The van der Waals surface area contributed by atoms with Crippen molar-refractivity contribution in [2.24, 2.45) is 0 Å². The highest BCUT2D eigenvalue weighted by Gasteiger charge is 2.16. The van der Waals surface area contributed by atoms with Gasteiger partial charge in [-0.1, -0.05) is 17.7 Å². The van der Waals surface area contributed by atoms with Crippen molar-refractivity contribution in [3.8, 4) is 5.75 Å². The van der Waals surface area contributed by atoms with Crippen molar-refractivity contribution in [3.05, 3.63) is 59.4 Å². The zero-order chi connectivity index (χ0) is 17.7. The number of rotatable bonds is 7. The van der Waals surface area contributed by atoms with Crippen LogP contribution in [0.5, 0.6) is 5.75 Å². The van der Waals surface area contributed by atoms with Gasteiger partial charge in [0.25, 0.3) is 10.1 Å². The Labute approximate surface area is 142 Å². The minimum Gasteiger partial charge on any atom is -0.490 e. The first-order valence-electron chi connectivity index (χ1n) is 7.67. The van der Waals surface area contributed by atoms with E-state index in [1.165, 1.54) is 24.3 Å². The molecule has 6 heteroatoms. The highest BCUT2D eigenvalue weighted by atomic mass is 32.2. The molecule has 2 rings (SSSR count). The van der Waals surface area contributed by atoms with Crippen LogP contribution in [0.2, 0.25) is 0 Å². The van der Waals surface area contributed by atoms with Gasteiger partial charge in [-0.05, 0) is 56.7 Å². The molecule has 0 aliphatic heterocycles. The molecule has 0 fully saturated rings. The van der Waals surface area contributed by atoms with E-state index in [9.17, 15) is 12.8 Å². The highest BCUT2D eigenvalue weighted by molar-refractivity contribution is 7.86. The Morgan fingerprint density at radius 2 is 1.75 bits per heavy atom. The third-order valence-corrected chi connectivity index (χ3v) is 4.86. The second kappa shape index (κ2) is 7.77. The molecule has 2 aromatic rings. The quantitative estimate of drug-likeness (QED) is 0.707. The Kier molecular flexibility index (Phi) is 5.96. The lowest BCUT2D eigenvalue weighted by Crippen LogP contribution is -2.17. The second-order valence-electron chi connectivity index (χ2n) is 5.72.